The molecule has 1 N–H and O–H groups in total. The van der Waals surface area contributed by atoms with Crippen molar-refractivity contribution in [3.8, 4) is 0 Å². The number of aliphatic hydroxyl groups excluding tert-OH is 1. The minimum Gasteiger partial charge on any atom is -0.443 e. The molecule has 2 fully saturated rings. The maximum atomic E-state index is 13.0. The van der Waals surface area contributed by atoms with E-state index in [2.05, 4.69) is 0 Å². The van der Waals surface area contributed by atoms with E-state index in [4.69, 9.17) is 19.0 Å². The number of nitrogens with zero attached hydrogens (tertiary/aromatic N) is 1. The predicted molar refractivity (Wildman–Crippen MR) is 128 cm³/mol. The summed E-state index contributed by atoms with van der Waals surface area (Å²) < 4.78 is 18.0. The number of hydrogen-bond acceptors (Lipinski definition) is 6. The topological polar surface area (TPSA) is 77.5 Å². The van der Waals surface area contributed by atoms with E-state index in [-0.39, 0.29) is 19.1 Å². The number of amides is 1. The third-order valence-corrected chi connectivity index (χ3v) is 6.51. The molecule has 3 aromatic carbocycles. The Kier molecular flexibility index (Phi) is 7.39. The fourth-order valence-electron chi connectivity index (χ4n) is 4.71. The van der Waals surface area contributed by atoms with Gasteiger partial charge in [0.1, 0.15) is 18.8 Å². The van der Waals surface area contributed by atoms with Crippen molar-refractivity contribution in [3.63, 3.8) is 0 Å². The quantitative estimate of drug-likeness (QED) is 0.529. The van der Waals surface area contributed by atoms with Crippen LogP contribution in [-0.2, 0) is 38.9 Å². The molecule has 35 heavy (non-hydrogen) atoms. The van der Waals surface area contributed by atoms with Crippen molar-refractivity contribution in [2.75, 3.05) is 6.61 Å². The SMILES string of the molecule is O=C(OCc1ccccc1)N1OC[C@@H]2[C@@H](O)[C@H](OCc3ccccc3)[C@@H](OCc3ccccc3)[C@@H]21. The van der Waals surface area contributed by atoms with E-state index in [1.165, 1.54) is 5.06 Å². The molecular formula is C28H29NO6. The van der Waals surface area contributed by atoms with Gasteiger partial charge in [-0.05, 0) is 16.7 Å². The number of hydroxylamine groups is 2. The Bertz CT molecular complexity index is 1080. The van der Waals surface area contributed by atoms with Crippen LogP contribution in [0.5, 0.6) is 0 Å². The highest BCUT2D eigenvalue weighted by Crippen LogP contribution is 2.40. The lowest BCUT2D eigenvalue weighted by Crippen LogP contribution is -2.46. The highest BCUT2D eigenvalue weighted by molar-refractivity contribution is 5.67. The van der Waals surface area contributed by atoms with Crippen LogP contribution in [0.25, 0.3) is 0 Å². The molecular weight excluding hydrogens is 446 g/mol. The van der Waals surface area contributed by atoms with Crippen LogP contribution in [-0.4, -0.2) is 47.2 Å². The Hall–Kier alpha value is -3.23. The van der Waals surface area contributed by atoms with E-state index in [0.717, 1.165) is 16.7 Å². The zero-order valence-electron chi connectivity index (χ0n) is 19.3. The fraction of sp³-hybridized carbons (Fsp3) is 0.321. The number of carbonyl (C=O) groups excluding carboxylic acids is 1. The fourth-order valence-corrected chi connectivity index (χ4v) is 4.71. The van der Waals surface area contributed by atoms with Crippen molar-refractivity contribution in [2.45, 2.75) is 44.2 Å². The van der Waals surface area contributed by atoms with E-state index >= 15 is 0 Å². The number of fused-ring (bicyclic) bond motifs is 1. The first-order chi connectivity index (χ1) is 17.2. The van der Waals surface area contributed by atoms with E-state index in [1.807, 2.05) is 91.0 Å². The van der Waals surface area contributed by atoms with Gasteiger partial charge in [-0.15, -0.1) is 0 Å². The lowest BCUT2D eigenvalue weighted by Gasteiger charge is -2.30. The van der Waals surface area contributed by atoms with Crippen molar-refractivity contribution in [1.82, 2.24) is 5.06 Å². The molecule has 1 saturated heterocycles. The lowest BCUT2D eigenvalue weighted by molar-refractivity contribution is -0.170. The molecule has 0 radical (unpaired) electrons. The maximum absolute atomic E-state index is 13.0. The van der Waals surface area contributed by atoms with Crippen molar-refractivity contribution >= 4 is 6.09 Å². The molecule has 182 valence electrons. The number of carbonyl (C=O) groups is 1. The second-order valence-electron chi connectivity index (χ2n) is 8.83. The predicted octanol–water partition coefficient (Wildman–Crippen LogP) is 4.10. The summed E-state index contributed by atoms with van der Waals surface area (Å²) >= 11 is 0. The Labute approximate surface area is 204 Å². The van der Waals surface area contributed by atoms with Gasteiger partial charge in [0, 0.05) is 5.92 Å². The number of aliphatic hydroxyl groups is 1. The van der Waals surface area contributed by atoms with Gasteiger partial charge in [-0.1, -0.05) is 91.0 Å². The molecule has 0 bridgehead atoms. The lowest BCUT2D eigenvalue weighted by atomic mass is 10.0. The molecule has 1 heterocycles. The Morgan fingerprint density at radius 1 is 0.771 bits per heavy atom. The molecule has 1 amide bonds. The molecule has 1 saturated carbocycles. The van der Waals surface area contributed by atoms with Gasteiger partial charge in [-0.3, -0.25) is 4.84 Å². The van der Waals surface area contributed by atoms with E-state index < -0.39 is 30.4 Å². The minimum atomic E-state index is -0.851. The number of rotatable bonds is 8. The first kappa shape index (κ1) is 23.5. The largest absolute Gasteiger partial charge is 0.443 e. The Balaban J connectivity index is 1.32. The van der Waals surface area contributed by atoms with Crippen molar-refractivity contribution in [1.29, 1.82) is 0 Å². The second kappa shape index (κ2) is 11.0. The molecule has 5 atom stereocenters. The zero-order chi connectivity index (χ0) is 24.0. The average molecular weight is 476 g/mol. The van der Waals surface area contributed by atoms with Crippen molar-refractivity contribution in [3.05, 3.63) is 108 Å². The van der Waals surface area contributed by atoms with Crippen LogP contribution in [0.4, 0.5) is 4.79 Å². The monoisotopic (exact) mass is 475 g/mol. The van der Waals surface area contributed by atoms with Gasteiger partial charge in [0.15, 0.2) is 0 Å². The summed E-state index contributed by atoms with van der Waals surface area (Å²) in [6, 6.07) is 28.5. The molecule has 3 aromatic rings. The summed E-state index contributed by atoms with van der Waals surface area (Å²) in [5, 5.41) is 12.4. The first-order valence-electron chi connectivity index (χ1n) is 11.8. The molecule has 7 heteroatoms. The highest BCUT2D eigenvalue weighted by Gasteiger charge is 2.59. The van der Waals surface area contributed by atoms with Gasteiger partial charge in [-0.2, -0.15) is 5.06 Å². The van der Waals surface area contributed by atoms with Gasteiger partial charge in [-0.25, -0.2) is 4.79 Å². The molecule has 7 nitrogen and oxygen atoms in total. The summed E-state index contributed by atoms with van der Waals surface area (Å²) in [6.45, 7) is 0.956. The van der Waals surface area contributed by atoms with E-state index in [0.29, 0.717) is 13.2 Å². The summed E-state index contributed by atoms with van der Waals surface area (Å²) in [5.74, 6) is -0.346. The van der Waals surface area contributed by atoms with Crippen LogP contribution in [0, 0.1) is 5.92 Å². The number of hydrogen-bond donors (Lipinski definition) is 1. The van der Waals surface area contributed by atoms with Crippen LogP contribution in [0.3, 0.4) is 0 Å². The van der Waals surface area contributed by atoms with Gasteiger partial charge in [0.05, 0.1) is 32.0 Å². The average Bonchev–Trinajstić information content (AvgIpc) is 3.45. The Morgan fingerprint density at radius 2 is 1.26 bits per heavy atom. The molecule has 1 aliphatic carbocycles. The van der Waals surface area contributed by atoms with Crippen LogP contribution >= 0.6 is 0 Å². The smallest absolute Gasteiger partial charge is 0.434 e. The van der Waals surface area contributed by atoms with E-state index in [1.54, 1.807) is 0 Å². The second-order valence-corrected chi connectivity index (χ2v) is 8.83. The molecule has 1 aliphatic heterocycles. The summed E-state index contributed by atoms with van der Waals surface area (Å²) in [7, 11) is 0. The molecule has 0 aromatic heterocycles. The maximum Gasteiger partial charge on any atom is 0.434 e. The zero-order valence-corrected chi connectivity index (χ0v) is 19.3. The van der Waals surface area contributed by atoms with Crippen LogP contribution < -0.4 is 0 Å². The molecule has 2 aliphatic rings. The summed E-state index contributed by atoms with van der Waals surface area (Å²) in [6.07, 6.45) is -2.67. The first-order valence-corrected chi connectivity index (χ1v) is 11.8. The van der Waals surface area contributed by atoms with Gasteiger partial charge in [0.2, 0.25) is 0 Å². The highest BCUT2D eigenvalue weighted by atomic mass is 16.7. The van der Waals surface area contributed by atoms with Crippen LogP contribution in [0.1, 0.15) is 16.7 Å². The minimum absolute atomic E-state index is 0.128. The normalized spacial score (nSPS) is 25.4. The third-order valence-electron chi connectivity index (χ3n) is 6.51. The third kappa shape index (κ3) is 5.39. The van der Waals surface area contributed by atoms with Gasteiger partial charge >= 0.3 is 6.09 Å². The van der Waals surface area contributed by atoms with E-state index in [9.17, 15) is 9.90 Å². The van der Waals surface area contributed by atoms with Gasteiger partial charge in [0.25, 0.3) is 0 Å². The number of ether oxygens (including phenoxy) is 3. The summed E-state index contributed by atoms with van der Waals surface area (Å²) in [4.78, 5) is 18.7. The van der Waals surface area contributed by atoms with Crippen molar-refractivity contribution in [2.24, 2.45) is 5.92 Å². The molecule has 0 unspecified atom stereocenters. The molecule has 0 spiro atoms. The van der Waals surface area contributed by atoms with Crippen LogP contribution in [0.2, 0.25) is 0 Å². The Morgan fingerprint density at radius 3 is 1.80 bits per heavy atom. The number of benzene rings is 3. The standard InChI is InChI=1S/C28H29NO6/c30-25-23-19-35-29(28(31)34-18-22-14-8-3-9-15-22)24(23)26(32-16-20-10-4-1-5-11-20)27(25)33-17-21-12-6-2-7-13-21/h1-15,23-27,30H,16-19H2/t23-,24+,25+,26-,27-/m0/s1. The summed E-state index contributed by atoms with van der Waals surface area (Å²) in [5.41, 5.74) is 2.86. The molecule has 5 rings (SSSR count). The van der Waals surface area contributed by atoms with Crippen molar-refractivity contribution < 1.29 is 28.9 Å². The van der Waals surface area contributed by atoms with Crippen LogP contribution in [0.15, 0.2) is 91.0 Å². The van der Waals surface area contributed by atoms with Gasteiger partial charge < -0.3 is 19.3 Å².